The molecule has 0 aromatic heterocycles. The highest BCUT2D eigenvalue weighted by molar-refractivity contribution is 5.86. The third-order valence-electron chi connectivity index (χ3n) is 3.31. The molecule has 0 heterocycles. The van der Waals surface area contributed by atoms with Crippen molar-refractivity contribution in [3.05, 3.63) is 46.2 Å². The van der Waals surface area contributed by atoms with E-state index in [9.17, 15) is 4.79 Å². The van der Waals surface area contributed by atoms with Crippen LogP contribution in [0.15, 0.2) is 34.5 Å². The van der Waals surface area contributed by atoms with E-state index in [1.165, 1.54) is 12.5 Å². The minimum Gasteiger partial charge on any atom is -0.478 e. The van der Waals surface area contributed by atoms with Crippen LogP contribution in [-0.4, -0.2) is 17.8 Å². The SMILES string of the molecule is C=N/C(C)=C(\C)C(=O)O.CCCC#Cc1ccc(CC)cc1C#N. The summed E-state index contributed by atoms with van der Waals surface area (Å²) in [6, 6.07) is 8.10. The van der Waals surface area contributed by atoms with Gasteiger partial charge >= 0.3 is 5.97 Å². The number of allylic oxidation sites excluding steroid dienone is 1. The fourth-order valence-electron chi connectivity index (χ4n) is 1.57. The van der Waals surface area contributed by atoms with Crippen LogP contribution in [0, 0.1) is 23.2 Å². The van der Waals surface area contributed by atoms with Gasteiger partial charge in [0.2, 0.25) is 0 Å². The number of nitrogens with zero attached hydrogens (tertiary/aromatic N) is 2. The Kier molecular flexibility index (Phi) is 10.3. The number of aryl methyl sites for hydroxylation is 1. The molecule has 0 amide bonds. The second kappa shape index (κ2) is 11.7. The Morgan fingerprint density at radius 2 is 1.96 bits per heavy atom. The van der Waals surface area contributed by atoms with Gasteiger partial charge in [0, 0.05) is 17.7 Å². The molecule has 0 radical (unpaired) electrons. The number of aliphatic imine (C=N–C) groups is 1. The number of hydrogen-bond donors (Lipinski definition) is 1. The average molecular weight is 324 g/mol. The van der Waals surface area contributed by atoms with E-state index in [2.05, 4.69) is 43.5 Å². The first-order valence-corrected chi connectivity index (χ1v) is 7.80. The predicted molar refractivity (Wildman–Crippen MR) is 97.9 cm³/mol. The van der Waals surface area contributed by atoms with Gasteiger partial charge in [-0.3, -0.25) is 4.99 Å². The lowest BCUT2D eigenvalue weighted by atomic mass is 10.0. The second-order valence-corrected chi connectivity index (χ2v) is 5.07. The van der Waals surface area contributed by atoms with Gasteiger partial charge in [0.25, 0.3) is 0 Å². The van der Waals surface area contributed by atoms with Gasteiger partial charge in [-0.25, -0.2) is 4.79 Å². The summed E-state index contributed by atoms with van der Waals surface area (Å²) in [7, 11) is 0. The van der Waals surface area contributed by atoms with Crippen molar-refractivity contribution in [3.63, 3.8) is 0 Å². The van der Waals surface area contributed by atoms with Crippen LogP contribution < -0.4 is 0 Å². The number of carbonyl (C=O) groups is 1. The van der Waals surface area contributed by atoms with E-state index in [-0.39, 0.29) is 5.57 Å². The molecule has 0 saturated heterocycles. The van der Waals surface area contributed by atoms with Gasteiger partial charge in [-0.2, -0.15) is 5.26 Å². The molecule has 0 spiro atoms. The maximum atomic E-state index is 10.2. The van der Waals surface area contributed by atoms with Crippen molar-refractivity contribution in [2.45, 2.75) is 47.0 Å². The summed E-state index contributed by atoms with van der Waals surface area (Å²) in [5, 5.41) is 17.3. The molecule has 0 unspecified atom stereocenters. The van der Waals surface area contributed by atoms with Crippen molar-refractivity contribution in [2.75, 3.05) is 0 Å². The third kappa shape index (κ3) is 7.42. The summed E-state index contributed by atoms with van der Waals surface area (Å²) in [5.41, 5.74) is 3.43. The van der Waals surface area contributed by atoms with Gasteiger partial charge in [-0.15, -0.1) is 0 Å². The van der Waals surface area contributed by atoms with Crippen LogP contribution >= 0.6 is 0 Å². The van der Waals surface area contributed by atoms with Crippen LogP contribution in [0.3, 0.4) is 0 Å². The molecular weight excluding hydrogens is 300 g/mol. The van der Waals surface area contributed by atoms with Crippen LogP contribution in [0.25, 0.3) is 0 Å². The summed E-state index contributed by atoms with van der Waals surface area (Å²) < 4.78 is 0. The lowest BCUT2D eigenvalue weighted by molar-refractivity contribution is -0.132. The fraction of sp³-hybridized carbons (Fsp3) is 0.350. The molecule has 0 aliphatic carbocycles. The highest BCUT2D eigenvalue weighted by Gasteiger charge is 2.02. The zero-order chi connectivity index (χ0) is 18.5. The highest BCUT2D eigenvalue weighted by Crippen LogP contribution is 2.10. The summed E-state index contributed by atoms with van der Waals surface area (Å²) in [6.45, 7) is 10.5. The summed E-state index contributed by atoms with van der Waals surface area (Å²) in [4.78, 5) is 13.6. The standard InChI is InChI=1S/C14H15N.C6H9NO2/c1-3-5-6-7-13-9-8-12(4-2)10-14(13)11-15;1-4(6(8)9)5(2)7-3/h8-10H,3-5H2,1-2H3;3H2,1-2H3,(H,8,9)/b;5-4+. The van der Waals surface area contributed by atoms with E-state index in [0.717, 1.165) is 24.8 Å². The number of hydrogen-bond acceptors (Lipinski definition) is 3. The van der Waals surface area contributed by atoms with E-state index >= 15 is 0 Å². The number of rotatable bonds is 4. The number of aliphatic carboxylic acids is 1. The third-order valence-corrected chi connectivity index (χ3v) is 3.31. The first kappa shape index (κ1) is 21.1. The Labute approximate surface area is 144 Å². The molecular formula is C20H24N2O2. The normalized spacial score (nSPS) is 10.1. The zero-order valence-corrected chi connectivity index (χ0v) is 14.8. The maximum absolute atomic E-state index is 10.2. The Morgan fingerprint density at radius 3 is 2.38 bits per heavy atom. The molecule has 24 heavy (non-hydrogen) atoms. The second-order valence-electron chi connectivity index (χ2n) is 5.07. The molecule has 1 N–H and O–H groups in total. The first-order chi connectivity index (χ1) is 11.4. The van der Waals surface area contributed by atoms with Gasteiger partial charge in [0.15, 0.2) is 0 Å². The molecule has 1 aromatic rings. The van der Waals surface area contributed by atoms with Gasteiger partial charge in [-0.05, 0) is 51.1 Å². The summed E-state index contributed by atoms with van der Waals surface area (Å²) in [5.74, 6) is 5.16. The van der Waals surface area contributed by atoms with Crippen LogP contribution in [0.5, 0.6) is 0 Å². The highest BCUT2D eigenvalue weighted by atomic mass is 16.4. The lowest BCUT2D eigenvalue weighted by Crippen LogP contribution is -1.97. The summed E-state index contributed by atoms with van der Waals surface area (Å²) >= 11 is 0. The minimum absolute atomic E-state index is 0.241. The fourth-order valence-corrected chi connectivity index (χ4v) is 1.57. The quantitative estimate of drug-likeness (QED) is 0.508. The van der Waals surface area contributed by atoms with E-state index in [1.54, 1.807) is 6.92 Å². The number of nitriles is 1. The maximum Gasteiger partial charge on any atom is 0.333 e. The topological polar surface area (TPSA) is 73.4 Å². The molecule has 4 nitrogen and oxygen atoms in total. The molecule has 0 aliphatic rings. The molecule has 126 valence electrons. The molecule has 0 aliphatic heterocycles. The van der Waals surface area contributed by atoms with E-state index < -0.39 is 5.97 Å². The van der Waals surface area contributed by atoms with Crippen molar-refractivity contribution in [1.82, 2.24) is 0 Å². The van der Waals surface area contributed by atoms with Gasteiger partial charge < -0.3 is 5.11 Å². The van der Waals surface area contributed by atoms with E-state index in [4.69, 9.17) is 10.4 Å². The largest absolute Gasteiger partial charge is 0.478 e. The Bertz CT molecular complexity index is 713. The number of unbranched alkanes of at least 4 members (excludes halogenated alkanes) is 1. The van der Waals surface area contributed by atoms with Crippen molar-refractivity contribution >= 4 is 12.7 Å². The zero-order valence-electron chi connectivity index (χ0n) is 14.8. The molecule has 1 rings (SSSR count). The predicted octanol–water partition coefficient (Wildman–Crippen LogP) is 4.34. The molecule has 0 atom stereocenters. The number of carboxylic acids is 1. The first-order valence-electron chi connectivity index (χ1n) is 7.80. The van der Waals surface area contributed by atoms with Crippen molar-refractivity contribution in [1.29, 1.82) is 5.26 Å². The molecule has 0 bridgehead atoms. The molecule has 0 fully saturated rings. The van der Waals surface area contributed by atoms with E-state index in [1.807, 2.05) is 18.2 Å². The van der Waals surface area contributed by atoms with Crippen LogP contribution in [0.1, 0.15) is 57.2 Å². The molecule has 1 aromatic carbocycles. The molecule has 4 heteroatoms. The van der Waals surface area contributed by atoms with Crippen molar-refractivity contribution in [3.8, 4) is 17.9 Å². The number of benzene rings is 1. The average Bonchev–Trinajstić information content (AvgIpc) is 2.61. The van der Waals surface area contributed by atoms with Crippen LogP contribution in [0.2, 0.25) is 0 Å². The van der Waals surface area contributed by atoms with Gasteiger partial charge in [-0.1, -0.05) is 31.8 Å². The number of carboxylic acid groups (broad SMARTS) is 1. The molecule has 0 saturated carbocycles. The summed E-state index contributed by atoms with van der Waals surface area (Å²) in [6.07, 6.45) is 2.90. The van der Waals surface area contributed by atoms with Gasteiger partial charge in [0.05, 0.1) is 11.1 Å². The van der Waals surface area contributed by atoms with Crippen molar-refractivity contribution in [2.24, 2.45) is 4.99 Å². The minimum atomic E-state index is -0.945. The Balaban J connectivity index is 0.000000506. The lowest BCUT2D eigenvalue weighted by Gasteiger charge is -1.99. The Hall–Kier alpha value is -2.85. The van der Waals surface area contributed by atoms with E-state index in [0.29, 0.717) is 11.3 Å². The van der Waals surface area contributed by atoms with Crippen molar-refractivity contribution < 1.29 is 9.90 Å². The van der Waals surface area contributed by atoms with Crippen LogP contribution in [0.4, 0.5) is 0 Å². The monoisotopic (exact) mass is 324 g/mol. The van der Waals surface area contributed by atoms with Gasteiger partial charge in [0.1, 0.15) is 6.07 Å². The Morgan fingerprint density at radius 1 is 1.29 bits per heavy atom. The smallest absolute Gasteiger partial charge is 0.333 e. The van der Waals surface area contributed by atoms with Crippen LogP contribution in [-0.2, 0) is 11.2 Å².